The van der Waals surface area contributed by atoms with Crippen LogP contribution < -0.4 is 0 Å². The van der Waals surface area contributed by atoms with Crippen LogP contribution >= 0.6 is 0 Å². The summed E-state index contributed by atoms with van der Waals surface area (Å²) in [6, 6.07) is 7.68. The van der Waals surface area contributed by atoms with E-state index in [0.717, 1.165) is 18.4 Å². The Kier molecular flexibility index (Phi) is 4.52. The van der Waals surface area contributed by atoms with Gasteiger partial charge in [-0.15, -0.1) is 0 Å². The third-order valence-electron chi connectivity index (χ3n) is 2.15. The number of benzene rings is 1. The molecule has 0 N–H and O–H groups in total. The van der Waals surface area contributed by atoms with Crippen molar-refractivity contribution >= 4 is 0 Å². The Hall–Kier alpha value is -0.850. The molecule has 13 heavy (non-hydrogen) atoms. The maximum atomic E-state index is 12.7. The van der Waals surface area contributed by atoms with Crippen molar-refractivity contribution in [2.75, 3.05) is 0 Å². The molecule has 1 aromatic carbocycles. The number of aryl methyl sites for hydroxylation is 1. The molecule has 0 fully saturated rings. The molecule has 0 aromatic heterocycles. The standard InChI is InChI=1S/C12H16F/c1-2-3-4-5-7-11-8-6-9-12(13)10-11/h6,8,10H,2-5,7H2,1H3. The molecular weight excluding hydrogens is 163 g/mol. The number of rotatable bonds is 5. The highest BCUT2D eigenvalue weighted by atomic mass is 19.1. The van der Waals surface area contributed by atoms with Crippen molar-refractivity contribution in [1.29, 1.82) is 0 Å². The van der Waals surface area contributed by atoms with E-state index >= 15 is 0 Å². The Balaban J connectivity index is 2.28. The van der Waals surface area contributed by atoms with Gasteiger partial charge in [-0.3, -0.25) is 0 Å². The van der Waals surface area contributed by atoms with Crippen LogP contribution in [0, 0.1) is 11.9 Å². The lowest BCUT2D eigenvalue weighted by Gasteiger charge is -2.00. The topological polar surface area (TPSA) is 0 Å². The Morgan fingerprint density at radius 2 is 2.15 bits per heavy atom. The molecule has 0 unspecified atom stereocenters. The summed E-state index contributed by atoms with van der Waals surface area (Å²) in [6.45, 7) is 2.19. The second kappa shape index (κ2) is 5.74. The van der Waals surface area contributed by atoms with E-state index in [4.69, 9.17) is 0 Å². The van der Waals surface area contributed by atoms with E-state index in [2.05, 4.69) is 13.0 Å². The minimum Gasteiger partial charge on any atom is -0.206 e. The van der Waals surface area contributed by atoms with Gasteiger partial charge in [0, 0.05) is 6.07 Å². The van der Waals surface area contributed by atoms with E-state index in [9.17, 15) is 4.39 Å². The molecule has 0 aliphatic heterocycles. The quantitative estimate of drug-likeness (QED) is 0.604. The zero-order chi connectivity index (χ0) is 9.52. The van der Waals surface area contributed by atoms with Crippen LogP contribution in [0.2, 0.25) is 0 Å². The van der Waals surface area contributed by atoms with Gasteiger partial charge >= 0.3 is 0 Å². The van der Waals surface area contributed by atoms with Crippen molar-refractivity contribution in [3.8, 4) is 0 Å². The lowest BCUT2D eigenvalue weighted by molar-refractivity contribution is 0.619. The van der Waals surface area contributed by atoms with Crippen LogP contribution in [0.3, 0.4) is 0 Å². The first kappa shape index (κ1) is 10.2. The maximum Gasteiger partial charge on any atom is 0.131 e. The van der Waals surface area contributed by atoms with E-state index in [1.54, 1.807) is 12.1 Å². The first-order chi connectivity index (χ1) is 6.33. The van der Waals surface area contributed by atoms with Crippen molar-refractivity contribution in [2.24, 2.45) is 0 Å². The van der Waals surface area contributed by atoms with Gasteiger partial charge in [-0.25, -0.2) is 4.39 Å². The fourth-order valence-electron chi connectivity index (χ4n) is 1.39. The summed E-state index contributed by atoms with van der Waals surface area (Å²) in [5.41, 5.74) is 1.09. The second-order valence-corrected chi connectivity index (χ2v) is 3.36. The predicted molar refractivity (Wildman–Crippen MR) is 53.1 cm³/mol. The SMILES string of the molecule is CCCCCCc1cc[c]c(F)c1. The van der Waals surface area contributed by atoms with Gasteiger partial charge in [0.25, 0.3) is 0 Å². The molecule has 1 heteroatoms. The van der Waals surface area contributed by atoms with E-state index < -0.39 is 0 Å². The van der Waals surface area contributed by atoms with E-state index in [1.165, 1.54) is 19.3 Å². The van der Waals surface area contributed by atoms with Gasteiger partial charge in [0.2, 0.25) is 0 Å². The predicted octanol–water partition coefficient (Wildman–Crippen LogP) is 3.75. The van der Waals surface area contributed by atoms with Gasteiger partial charge in [-0.05, 0) is 24.5 Å². The molecule has 0 nitrogen and oxygen atoms in total. The highest BCUT2D eigenvalue weighted by Crippen LogP contribution is 2.08. The fourth-order valence-corrected chi connectivity index (χ4v) is 1.39. The van der Waals surface area contributed by atoms with Gasteiger partial charge in [0.05, 0.1) is 0 Å². The van der Waals surface area contributed by atoms with Crippen LogP contribution in [0.4, 0.5) is 4.39 Å². The third-order valence-corrected chi connectivity index (χ3v) is 2.15. The summed E-state index contributed by atoms with van der Waals surface area (Å²) in [4.78, 5) is 0. The summed E-state index contributed by atoms with van der Waals surface area (Å²) in [6.07, 6.45) is 5.93. The minimum absolute atomic E-state index is 0.243. The number of unbranched alkanes of at least 4 members (excludes halogenated alkanes) is 3. The van der Waals surface area contributed by atoms with Gasteiger partial charge in [0.15, 0.2) is 0 Å². The van der Waals surface area contributed by atoms with E-state index in [0.29, 0.717) is 0 Å². The smallest absolute Gasteiger partial charge is 0.131 e. The molecule has 0 bridgehead atoms. The average Bonchev–Trinajstić information content (AvgIpc) is 2.13. The first-order valence-corrected chi connectivity index (χ1v) is 4.99. The molecule has 71 valence electrons. The Labute approximate surface area is 79.8 Å². The zero-order valence-electron chi connectivity index (χ0n) is 8.15. The van der Waals surface area contributed by atoms with Gasteiger partial charge < -0.3 is 0 Å². The van der Waals surface area contributed by atoms with Crippen molar-refractivity contribution in [2.45, 2.75) is 39.0 Å². The fraction of sp³-hybridized carbons (Fsp3) is 0.500. The molecule has 1 radical (unpaired) electrons. The molecule has 1 aromatic rings. The molecule has 0 heterocycles. The van der Waals surface area contributed by atoms with E-state index in [1.807, 2.05) is 6.07 Å². The Bertz CT molecular complexity index is 243. The summed E-state index contributed by atoms with van der Waals surface area (Å²) in [5.74, 6) is -0.243. The van der Waals surface area contributed by atoms with Crippen molar-refractivity contribution in [1.82, 2.24) is 0 Å². The first-order valence-electron chi connectivity index (χ1n) is 4.99. The highest BCUT2D eigenvalue weighted by Gasteiger charge is 1.95. The second-order valence-electron chi connectivity index (χ2n) is 3.36. The average molecular weight is 179 g/mol. The molecule has 0 aliphatic carbocycles. The minimum atomic E-state index is -0.243. The van der Waals surface area contributed by atoms with Crippen LogP contribution in [0.5, 0.6) is 0 Å². The van der Waals surface area contributed by atoms with Crippen LogP contribution in [0.15, 0.2) is 18.2 Å². The molecule has 1 rings (SSSR count). The molecule has 0 amide bonds. The van der Waals surface area contributed by atoms with Crippen LogP contribution in [0.25, 0.3) is 0 Å². The number of hydrogen-bond donors (Lipinski definition) is 0. The summed E-state index contributed by atoms with van der Waals surface area (Å²) < 4.78 is 12.7. The molecule has 0 saturated carbocycles. The summed E-state index contributed by atoms with van der Waals surface area (Å²) >= 11 is 0. The van der Waals surface area contributed by atoms with Gasteiger partial charge in [-0.1, -0.05) is 38.3 Å². The van der Waals surface area contributed by atoms with Crippen molar-refractivity contribution in [3.63, 3.8) is 0 Å². The maximum absolute atomic E-state index is 12.7. The Morgan fingerprint density at radius 3 is 2.85 bits per heavy atom. The third kappa shape index (κ3) is 4.07. The lowest BCUT2D eigenvalue weighted by Crippen LogP contribution is -1.86. The Morgan fingerprint density at radius 1 is 1.31 bits per heavy atom. The van der Waals surface area contributed by atoms with Crippen LogP contribution in [-0.4, -0.2) is 0 Å². The number of halogens is 1. The zero-order valence-corrected chi connectivity index (χ0v) is 8.15. The largest absolute Gasteiger partial charge is 0.206 e. The van der Waals surface area contributed by atoms with Gasteiger partial charge in [0.1, 0.15) is 5.82 Å². The van der Waals surface area contributed by atoms with Crippen molar-refractivity contribution in [3.05, 3.63) is 35.6 Å². The van der Waals surface area contributed by atoms with Gasteiger partial charge in [-0.2, -0.15) is 0 Å². The summed E-state index contributed by atoms with van der Waals surface area (Å²) in [7, 11) is 0. The highest BCUT2D eigenvalue weighted by molar-refractivity contribution is 5.15. The molecular formula is C12H16F. The molecule has 0 atom stereocenters. The molecule has 0 saturated heterocycles. The lowest BCUT2D eigenvalue weighted by atomic mass is 10.1. The molecule has 0 aliphatic rings. The number of hydrogen-bond acceptors (Lipinski definition) is 0. The monoisotopic (exact) mass is 179 g/mol. The van der Waals surface area contributed by atoms with Crippen LogP contribution in [0.1, 0.15) is 38.2 Å². The van der Waals surface area contributed by atoms with E-state index in [-0.39, 0.29) is 5.82 Å². The van der Waals surface area contributed by atoms with Crippen LogP contribution in [-0.2, 0) is 6.42 Å². The normalized spacial score (nSPS) is 10.3. The van der Waals surface area contributed by atoms with Crippen molar-refractivity contribution < 1.29 is 4.39 Å². The summed E-state index contributed by atoms with van der Waals surface area (Å²) in [5, 5.41) is 0. The molecule has 0 spiro atoms.